The van der Waals surface area contributed by atoms with Gasteiger partial charge in [-0.25, -0.2) is 4.98 Å². The van der Waals surface area contributed by atoms with E-state index in [1.807, 2.05) is 29.0 Å². The summed E-state index contributed by atoms with van der Waals surface area (Å²) in [7, 11) is 0. The van der Waals surface area contributed by atoms with E-state index in [-0.39, 0.29) is 5.91 Å². The van der Waals surface area contributed by atoms with E-state index in [1.54, 1.807) is 6.20 Å². The lowest BCUT2D eigenvalue weighted by Gasteiger charge is -2.18. The number of nitrogens with zero attached hydrogens (tertiary/aromatic N) is 2. The number of benzene rings is 1. The quantitative estimate of drug-likeness (QED) is 0.814. The Kier molecular flexibility index (Phi) is 5.30. The van der Waals surface area contributed by atoms with Crippen LogP contribution in [-0.4, -0.2) is 34.4 Å². The average Bonchev–Trinajstić information content (AvgIpc) is 2.99. The van der Waals surface area contributed by atoms with Gasteiger partial charge in [-0.1, -0.05) is 13.8 Å². The van der Waals surface area contributed by atoms with Crippen LogP contribution < -0.4 is 14.8 Å². The fourth-order valence-corrected chi connectivity index (χ4v) is 3.12. The van der Waals surface area contributed by atoms with E-state index in [0.717, 1.165) is 22.9 Å². The van der Waals surface area contributed by atoms with Crippen molar-refractivity contribution in [2.45, 2.75) is 25.3 Å². The predicted octanol–water partition coefficient (Wildman–Crippen LogP) is 3.04. The zero-order valence-electron chi connectivity index (χ0n) is 13.8. The molecule has 7 heteroatoms. The van der Waals surface area contributed by atoms with Crippen LogP contribution in [0.2, 0.25) is 0 Å². The van der Waals surface area contributed by atoms with Crippen molar-refractivity contribution in [1.82, 2.24) is 9.55 Å². The third kappa shape index (κ3) is 4.23. The van der Waals surface area contributed by atoms with E-state index in [1.165, 1.54) is 11.8 Å². The number of ether oxygens (including phenoxy) is 2. The van der Waals surface area contributed by atoms with E-state index in [4.69, 9.17) is 9.47 Å². The van der Waals surface area contributed by atoms with Crippen LogP contribution in [0.3, 0.4) is 0 Å². The number of carbonyl (C=O) groups is 1. The maximum absolute atomic E-state index is 12.2. The van der Waals surface area contributed by atoms with Crippen LogP contribution in [0.1, 0.15) is 13.8 Å². The van der Waals surface area contributed by atoms with Crippen LogP contribution >= 0.6 is 11.8 Å². The summed E-state index contributed by atoms with van der Waals surface area (Å²) in [5, 5.41) is 2.86. The molecule has 0 unspecified atom stereocenters. The number of aromatic nitrogens is 2. The molecule has 1 aliphatic heterocycles. The molecule has 0 fully saturated rings. The van der Waals surface area contributed by atoms with Gasteiger partial charge in [-0.15, -0.1) is 11.8 Å². The SMILES string of the molecule is CC(C)Cn1ccnc1NC(=O)CSc1ccc2c(c1)OCCO2. The average molecular weight is 347 g/mol. The molecule has 1 amide bonds. The van der Waals surface area contributed by atoms with Crippen molar-refractivity contribution < 1.29 is 14.3 Å². The Morgan fingerprint density at radius 2 is 2.12 bits per heavy atom. The highest BCUT2D eigenvalue weighted by atomic mass is 32.2. The van der Waals surface area contributed by atoms with Crippen molar-refractivity contribution in [2.24, 2.45) is 5.92 Å². The summed E-state index contributed by atoms with van der Waals surface area (Å²) in [6.07, 6.45) is 3.58. The Morgan fingerprint density at radius 3 is 2.92 bits per heavy atom. The van der Waals surface area contributed by atoms with Gasteiger partial charge >= 0.3 is 0 Å². The fraction of sp³-hybridized carbons (Fsp3) is 0.412. The number of fused-ring (bicyclic) bond motifs is 1. The second kappa shape index (κ2) is 7.61. The highest BCUT2D eigenvalue weighted by molar-refractivity contribution is 8.00. The van der Waals surface area contributed by atoms with Crippen LogP contribution in [0.4, 0.5) is 5.95 Å². The number of hydrogen-bond donors (Lipinski definition) is 1. The summed E-state index contributed by atoms with van der Waals surface area (Å²) < 4.78 is 13.0. The Labute approximate surface area is 145 Å². The molecule has 24 heavy (non-hydrogen) atoms. The molecule has 128 valence electrons. The van der Waals surface area contributed by atoms with Crippen LogP contribution in [0.15, 0.2) is 35.5 Å². The summed E-state index contributed by atoms with van der Waals surface area (Å²) in [6, 6.07) is 5.72. The first-order valence-electron chi connectivity index (χ1n) is 7.95. The fourth-order valence-electron chi connectivity index (χ4n) is 2.40. The molecule has 1 aromatic carbocycles. The van der Waals surface area contributed by atoms with Crippen molar-refractivity contribution in [2.75, 3.05) is 24.3 Å². The highest BCUT2D eigenvalue weighted by Gasteiger charge is 2.13. The molecule has 1 N–H and O–H groups in total. The number of carbonyl (C=O) groups excluding carboxylic acids is 1. The third-order valence-electron chi connectivity index (χ3n) is 3.41. The monoisotopic (exact) mass is 347 g/mol. The first kappa shape index (κ1) is 16.7. The maximum Gasteiger partial charge on any atom is 0.237 e. The molecule has 2 aromatic rings. The van der Waals surface area contributed by atoms with Crippen molar-refractivity contribution in [1.29, 1.82) is 0 Å². The number of nitrogens with one attached hydrogen (secondary N) is 1. The molecule has 0 bridgehead atoms. The van der Waals surface area contributed by atoms with Gasteiger partial charge in [0.05, 0.1) is 5.75 Å². The topological polar surface area (TPSA) is 65.4 Å². The Bertz CT molecular complexity index is 715. The molecule has 0 saturated carbocycles. The molecule has 0 radical (unpaired) electrons. The molecule has 0 atom stereocenters. The van der Waals surface area contributed by atoms with Crippen molar-refractivity contribution in [3.8, 4) is 11.5 Å². The van der Waals surface area contributed by atoms with E-state index < -0.39 is 0 Å². The molecule has 0 spiro atoms. The highest BCUT2D eigenvalue weighted by Crippen LogP contribution is 2.34. The van der Waals surface area contributed by atoms with Crippen LogP contribution in [-0.2, 0) is 11.3 Å². The van der Waals surface area contributed by atoms with Gasteiger partial charge in [0.1, 0.15) is 13.2 Å². The second-order valence-corrected chi connectivity index (χ2v) is 6.99. The third-order valence-corrected chi connectivity index (χ3v) is 4.41. The number of imidazole rings is 1. The minimum absolute atomic E-state index is 0.0777. The van der Waals surface area contributed by atoms with Crippen LogP contribution in [0.5, 0.6) is 11.5 Å². The van der Waals surface area contributed by atoms with Gasteiger partial charge in [-0.3, -0.25) is 10.1 Å². The minimum Gasteiger partial charge on any atom is -0.486 e. The zero-order valence-corrected chi connectivity index (χ0v) is 14.6. The maximum atomic E-state index is 12.2. The molecule has 1 aliphatic rings. The van der Waals surface area contributed by atoms with Gasteiger partial charge in [0.15, 0.2) is 11.5 Å². The van der Waals surface area contributed by atoms with Gasteiger partial charge in [0.2, 0.25) is 11.9 Å². The summed E-state index contributed by atoms with van der Waals surface area (Å²) in [6.45, 7) is 6.21. The second-order valence-electron chi connectivity index (χ2n) is 5.94. The lowest BCUT2D eigenvalue weighted by atomic mass is 10.2. The van der Waals surface area contributed by atoms with E-state index in [9.17, 15) is 4.79 Å². The van der Waals surface area contributed by atoms with Crippen molar-refractivity contribution in [3.63, 3.8) is 0 Å². The molecule has 3 rings (SSSR count). The predicted molar refractivity (Wildman–Crippen MR) is 93.9 cm³/mol. The summed E-state index contributed by atoms with van der Waals surface area (Å²) >= 11 is 1.46. The molecule has 1 aromatic heterocycles. The van der Waals surface area contributed by atoms with Gasteiger partial charge in [-0.2, -0.15) is 0 Å². The summed E-state index contributed by atoms with van der Waals surface area (Å²) in [5.41, 5.74) is 0. The van der Waals surface area contributed by atoms with Crippen LogP contribution in [0, 0.1) is 5.92 Å². The Hall–Kier alpha value is -2.15. The van der Waals surface area contributed by atoms with Gasteiger partial charge in [0, 0.05) is 23.8 Å². The molecule has 0 saturated heterocycles. The van der Waals surface area contributed by atoms with Gasteiger partial charge < -0.3 is 14.0 Å². The normalized spacial score (nSPS) is 13.1. The number of rotatable bonds is 6. The van der Waals surface area contributed by atoms with Crippen molar-refractivity contribution in [3.05, 3.63) is 30.6 Å². The summed E-state index contributed by atoms with van der Waals surface area (Å²) in [5.74, 6) is 2.81. The van der Waals surface area contributed by atoms with E-state index >= 15 is 0 Å². The largest absolute Gasteiger partial charge is 0.486 e. The minimum atomic E-state index is -0.0777. The Balaban J connectivity index is 1.55. The number of thioether (sulfide) groups is 1. The standard InChI is InChI=1S/C17H21N3O3S/c1-12(2)10-20-6-5-18-17(20)19-16(21)11-24-13-3-4-14-15(9-13)23-8-7-22-14/h3-6,9,12H,7-8,10-11H2,1-2H3,(H,18,19,21). The lowest BCUT2D eigenvalue weighted by Crippen LogP contribution is -2.18. The van der Waals surface area contributed by atoms with Crippen molar-refractivity contribution >= 4 is 23.6 Å². The molecule has 0 aliphatic carbocycles. The van der Waals surface area contributed by atoms with E-state index in [0.29, 0.717) is 30.8 Å². The molecule has 2 heterocycles. The van der Waals surface area contributed by atoms with E-state index in [2.05, 4.69) is 24.1 Å². The van der Waals surface area contributed by atoms with Crippen LogP contribution in [0.25, 0.3) is 0 Å². The number of hydrogen-bond acceptors (Lipinski definition) is 5. The zero-order chi connectivity index (χ0) is 16.9. The van der Waals surface area contributed by atoms with Gasteiger partial charge in [0.25, 0.3) is 0 Å². The molecular weight excluding hydrogens is 326 g/mol. The van der Waals surface area contributed by atoms with Gasteiger partial charge in [-0.05, 0) is 24.1 Å². The molecule has 6 nitrogen and oxygen atoms in total. The first-order valence-corrected chi connectivity index (χ1v) is 8.94. The number of amides is 1. The Morgan fingerprint density at radius 1 is 1.33 bits per heavy atom. The number of anilines is 1. The molecular formula is C17H21N3O3S. The smallest absolute Gasteiger partial charge is 0.237 e. The summed E-state index contributed by atoms with van der Waals surface area (Å²) in [4.78, 5) is 17.3. The first-order chi connectivity index (χ1) is 11.6. The lowest BCUT2D eigenvalue weighted by molar-refractivity contribution is -0.113.